The van der Waals surface area contributed by atoms with E-state index in [1.165, 1.54) is 5.56 Å². The standard InChI is InChI=1S/C21H33ClN4O2/c1-3-23-20(25-16-21(2)9-4-12-28-21)24-15-19(26-10-13-27-14-11-26)17-5-7-18(22)8-6-17/h5-8,19H,3-4,9-16H2,1-2H3,(H2,23,24,25). The maximum Gasteiger partial charge on any atom is 0.191 e. The second-order valence-electron chi connectivity index (χ2n) is 7.69. The smallest absolute Gasteiger partial charge is 0.191 e. The Labute approximate surface area is 173 Å². The Morgan fingerprint density at radius 3 is 2.61 bits per heavy atom. The first-order chi connectivity index (χ1) is 13.6. The Hall–Kier alpha value is -1.34. The minimum Gasteiger partial charge on any atom is -0.379 e. The first-order valence-corrected chi connectivity index (χ1v) is 10.7. The number of rotatable bonds is 7. The highest BCUT2D eigenvalue weighted by atomic mass is 35.5. The maximum atomic E-state index is 6.10. The molecule has 2 heterocycles. The second kappa shape index (κ2) is 10.4. The number of nitrogens with one attached hydrogen (secondary N) is 2. The van der Waals surface area contributed by atoms with E-state index in [1.54, 1.807) is 0 Å². The van der Waals surface area contributed by atoms with Crippen LogP contribution < -0.4 is 10.6 Å². The molecule has 1 aromatic carbocycles. The van der Waals surface area contributed by atoms with E-state index < -0.39 is 0 Å². The van der Waals surface area contributed by atoms with Crippen LogP contribution in [-0.4, -0.2) is 69.0 Å². The SMILES string of the molecule is CCNC(=NCC1(C)CCCO1)NCC(c1ccc(Cl)cc1)N1CCOCC1. The van der Waals surface area contributed by atoms with Gasteiger partial charge < -0.3 is 20.1 Å². The Balaban J connectivity index is 1.68. The van der Waals surface area contributed by atoms with Crippen molar-refractivity contribution in [3.63, 3.8) is 0 Å². The summed E-state index contributed by atoms with van der Waals surface area (Å²) < 4.78 is 11.4. The van der Waals surface area contributed by atoms with Gasteiger partial charge in [-0.05, 0) is 44.4 Å². The molecular weight excluding hydrogens is 376 g/mol. The number of benzene rings is 1. The molecule has 1 aromatic rings. The molecule has 0 bridgehead atoms. The van der Waals surface area contributed by atoms with Gasteiger partial charge in [-0.1, -0.05) is 23.7 Å². The van der Waals surface area contributed by atoms with Gasteiger partial charge in [-0.3, -0.25) is 9.89 Å². The molecule has 156 valence electrons. The third-order valence-corrected chi connectivity index (χ3v) is 5.67. The van der Waals surface area contributed by atoms with Crippen LogP contribution in [0, 0.1) is 0 Å². The van der Waals surface area contributed by atoms with Gasteiger partial charge in [-0.2, -0.15) is 0 Å². The van der Waals surface area contributed by atoms with Crippen molar-refractivity contribution in [2.45, 2.75) is 38.3 Å². The summed E-state index contributed by atoms with van der Waals surface area (Å²) in [5, 5.41) is 7.66. The molecular formula is C21H33ClN4O2. The minimum absolute atomic E-state index is 0.137. The second-order valence-corrected chi connectivity index (χ2v) is 8.13. The third-order valence-electron chi connectivity index (χ3n) is 5.42. The van der Waals surface area contributed by atoms with Crippen molar-refractivity contribution in [3.05, 3.63) is 34.9 Å². The van der Waals surface area contributed by atoms with Crippen LogP contribution in [0.3, 0.4) is 0 Å². The van der Waals surface area contributed by atoms with E-state index in [0.717, 1.165) is 69.8 Å². The summed E-state index contributed by atoms with van der Waals surface area (Å²) in [5.74, 6) is 0.839. The van der Waals surface area contributed by atoms with Gasteiger partial charge in [0.25, 0.3) is 0 Å². The van der Waals surface area contributed by atoms with Crippen molar-refractivity contribution >= 4 is 17.6 Å². The summed E-state index contributed by atoms with van der Waals surface area (Å²) in [7, 11) is 0. The first-order valence-electron chi connectivity index (χ1n) is 10.3. The van der Waals surface area contributed by atoms with Crippen LogP contribution in [0.5, 0.6) is 0 Å². The van der Waals surface area contributed by atoms with E-state index in [2.05, 4.69) is 41.5 Å². The van der Waals surface area contributed by atoms with Crippen molar-refractivity contribution in [3.8, 4) is 0 Å². The molecule has 2 atom stereocenters. The van der Waals surface area contributed by atoms with Crippen molar-refractivity contribution in [2.24, 2.45) is 4.99 Å². The molecule has 3 rings (SSSR count). The number of nitrogens with zero attached hydrogens (tertiary/aromatic N) is 2. The predicted octanol–water partition coefficient (Wildman–Crippen LogP) is 2.84. The van der Waals surface area contributed by atoms with Gasteiger partial charge in [-0.15, -0.1) is 0 Å². The first kappa shape index (κ1) is 21.4. The van der Waals surface area contributed by atoms with Crippen molar-refractivity contribution in [2.75, 3.05) is 52.5 Å². The van der Waals surface area contributed by atoms with Crippen LogP contribution in [0.4, 0.5) is 0 Å². The third kappa shape index (κ3) is 6.08. The molecule has 0 radical (unpaired) electrons. The quantitative estimate of drug-likeness (QED) is 0.536. The lowest BCUT2D eigenvalue weighted by Crippen LogP contribution is -2.46. The number of morpholine rings is 1. The van der Waals surface area contributed by atoms with Crippen molar-refractivity contribution in [1.29, 1.82) is 0 Å². The molecule has 0 saturated carbocycles. The predicted molar refractivity (Wildman–Crippen MR) is 114 cm³/mol. The van der Waals surface area contributed by atoms with Gasteiger partial charge in [0, 0.05) is 37.8 Å². The number of hydrogen-bond donors (Lipinski definition) is 2. The summed E-state index contributed by atoms with van der Waals surface area (Å²) in [4.78, 5) is 7.26. The van der Waals surface area contributed by atoms with Gasteiger partial charge >= 0.3 is 0 Å². The zero-order valence-electron chi connectivity index (χ0n) is 17.0. The van der Waals surface area contributed by atoms with Crippen LogP contribution in [-0.2, 0) is 9.47 Å². The molecule has 6 nitrogen and oxygen atoms in total. The molecule has 7 heteroatoms. The summed E-state index contributed by atoms with van der Waals surface area (Å²) in [5.41, 5.74) is 1.11. The summed E-state index contributed by atoms with van der Waals surface area (Å²) in [6.45, 7) is 10.7. The zero-order valence-corrected chi connectivity index (χ0v) is 17.8. The Morgan fingerprint density at radius 2 is 1.96 bits per heavy atom. The monoisotopic (exact) mass is 408 g/mol. The lowest BCUT2D eigenvalue weighted by Gasteiger charge is -2.35. The Morgan fingerprint density at radius 1 is 1.21 bits per heavy atom. The van der Waals surface area contributed by atoms with Crippen LogP contribution >= 0.6 is 11.6 Å². The van der Waals surface area contributed by atoms with E-state index in [9.17, 15) is 0 Å². The van der Waals surface area contributed by atoms with Crippen LogP contribution in [0.1, 0.15) is 38.3 Å². The molecule has 2 aliphatic heterocycles. The fourth-order valence-corrected chi connectivity index (χ4v) is 3.90. The van der Waals surface area contributed by atoms with E-state index in [-0.39, 0.29) is 11.6 Å². The molecule has 2 fully saturated rings. The van der Waals surface area contributed by atoms with Crippen LogP contribution in [0.2, 0.25) is 5.02 Å². The van der Waals surface area contributed by atoms with Crippen LogP contribution in [0.15, 0.2) is 29.3 Å². The number of aliphatic imine (C=N–C) groups is 1. The highest BCUT2D eigenvalue weighted by Gasteiger charge is 2.29. The summed E-state index contributed by atoms with van der Waals surface area (Å²) in [6, 6.07) is 8.39. The molecule has 2 N–H and O–H groups in total. The summed E-state index contributed by atoms with van der Waals surface area (Å²) >= 11 is 6.10. The molecule has 0 aromatic heterocycles. The van der Waals surface area contributed by atoms with E-state index in [1.807, 2.05) is 12.1 Å². The molecule has 0 spiro atoms. The van der Waals surface area contributed by atoms with Crippen molar-refractivity contribution in [1.82, 2.24) is 15.5 Å². The molecule has 0 aliphatic carbocycles. The van der Waals surface area contributed by atoms with E-state index in [0.29, 0.717) is 6.54 Å². The molecule has 2 saturated heterocycles. The Kier molecular flexibility index (Phi) is 7.97. The molecule has 2 unspecified atom stereocenters. The lowest BCUT2D eigenvalue weighted by molar-refractivity contribution is 0.0169. The molecule has 0 amide bonds. The highest BCUT2D eigenvalue weighted by Crippen LogP contribution is 2.25. The van der Waals surface area contributed by atoms with Gasteiger partial charge in [-0.25, -0.2) is 0 Å². The molecule has 28 heavy (non-hydrogen) atoms. The van der Waals surface area contributed by atoms with E-state index >= 15 is 0 Å². The van der Waals surface area contributed by atoms with Gasteiger partial charge in [0.05, 0.1) is 31.4 Å². The van der Waals surface area contributed by atoms with Gasteiger partial charge in [0.2, 0.25) is 0 Å². The minimum atomic E-state index is -0.137. The number of halogens is 1. The summed E-state index contributed by atoms with van der Waals surface area (Å²) in [6.07, 6.45) is 2.18. The van der Waals surface area contributed by atoms with E-state index in [4.69, 9.17) is 26.1 Å². The largest absolute Gasteiger partial charge is 0.379 e. The highest BCUT2D eigenvalue weighted by molar-refractivity contribution is 6.30. The average Bonchev–Trinajstić information content (AvgIpc) is 3.15. The van der Waals surface area contributed by atoms with Gasteiger partial charge in [0.1, 0.15) is 0 Å². The number of ether oxygens (including phenoxy) is 2. The number of hydrogen-bond acceptors (Lipinski definition) is 4. The zero-order chi connectivity index (χ0) is 19.8. The fourth-order valence-electron chi connectivity index (χ4n) is 3.77. The average molecular weight is 409 g/mol. The Bertz CT molecular complexity index is 626. The lowest BCUT2D eigenvalue weighted by atomic mass is 10.0. The molecule has 2 aliphatic rings. The van der Waals surface area contributed by atoms with Gasteiger partial charge in [0.15, 0.2) is 5.96 Å². The van der Waals surface area contributed by atoms with Crippen LogP contribution in [0.25, 0.3) is 0 Å². The topological polar surface area (TPSA) is 58.1 Å². The fraction of sp³-hybridized carbons (Fsp3) is 0.667. The normalized spacial score (nSPS) is 24.9. The maximum absolute atomic E-state index is 6.10. The number of guanidine groups is 1. The van der Waals surface area contributed by atoms with Crippen molar-refractivity contribution < 1.29 is 9.47 Å².